The minimum absolute atomic E-state index is 0.0186. The lowest BCUT2D eigenvalue weighted by Crippen LogP contribution is -2.56. The fourth-order valence-corrected chi connectivity index (χ4v) is 3.88. The first-order valence-electron chi connectivity index (χ1n) is 10.2. The van der Waals surface area contributed by atoms with E-state index < -0.39 is 12.1 Å². The van der Waals surface area contributed by atoms with Crippen molar-refractivity contribution in [2.24, 2.45) is 0 Å². The van der Waals surface area contributed by atoms with Gasteiger partial charge in [0.05, 0.1) is 13.2 Å². The second-order valence-corrected chi connectivity index (χ2v) is 7.46. The smallest absolute Gasteiger partial charge is 0.249 e. The molecule has 154 valence electrons. The van der Waals surface area contributed by atoms with E-state index in [0.29, 0.717) is 45.1 Å². The molecule has 4 rings (SSSR count). The first kappa shape index (κ1) is 19.5. The van der Waals surface area contributed by atoms with Crippen LogP contribution in [0.3, 0.4) is 0 Å². The number of hydrogen-bond acceptors (Lipinski definition) is 6. The van der Waals surface area contributed by atoms with Gasteiger partial charge >= 0.3 is 0 Å². The van der Waals surface area contributed by atoms with Gasteiger partial charge < -0.3 is 14.5 Å². The predicted octanol–water partition coefficient (Wildman–Crippen LogP) is 1.14. The number of tetrazole rings is 1. The van der Waals surface area contributed by atoms with Crippen LogP contribution in [0.1, 0.15) is 32.2 Å². The monoisotopic (exact) mass is 398 g/mol. The Morgan fingerprint density at radius 2 is 1.86 bits per heavy atom. The van der Waals surface area contributed by atoms with Gasteiger partial charge in [-0.15, -0.1) is 10.2 Å². The Bertz CT molecular complexity index is 849. The molecule has 1 aromatic heterocycles. The highest BCUT2D eigenvalue weighted by Crippen LogP contribution is 2.23. The molecule has 2 atom stereocenters. The lowest BCUT2D eigenvalue weighted by atomic mass is 9.99. The highest BCUT2D eigenvalue weighted by atomic mass is 16.5. The average Bonchev–Trinajstić information content (AvgIpc) is 3.29. The van der Waals surface area contributed by atoms with Crippen LogP contribution in [0.25, 0.3) is 11.4 Å². The van der Waals surface area contributed by atoms with Crippen LogP contribution < -0.4 is 0 Å². The molecule has 2 aliphatic rings. The maximum atomic E-state index is 13.2. The summed E-state index contributed by atoms with van der Waals surface area (Å²) in [6.07, 6.45) is 2.53. The van der Waals surface area contributed by atoms with Gasteiger partial charge in [0.1, 0.15) is 12.1 Å². The van der Waals surface area contributed by atoms with E-state index in [0.717, 1.165) is 18.4 Å². The van der Waals surface area contributed by atoms with Gasteiger partial charge in [0.2, 0.25) is 17.6 Å². The second-order valence-electron chi connectivity index (χ2n) is 7.46. The molecule has 2 saturated heterocycles. The number of morpholine rings is 1. The number of hydrogen-bond donors (Lipinski definition) is 0. The number of amides is 2. The fraction of sp³-hybridized carbons (Fsp3) is 0.550. The van der Waals surface area contributed by atoms with E-state index in [9.17, 15) is 9.59 Å². The molecule has 9 heteroatoms. The number of aromatic nitrogens is 4. The average molecular weight is 398 g/mol. The summed E-state index contributed by atoms with van der Waals surface area (Å²) in [6, 6.07) is 8.47. The number of nitrogens with zero attached hydrogens (tertiary/aromatic N) is 6. The quantitative estimate of drug-likeness (QED) is 0.767. The molecule has 2 unspecified atom stereocenters. The van der Waals surface area contributed by atoms with Crippen LogP contribution in [0, 0.1) is 0 Å². The van der Waals surface area contributed by atoms with Crippen molar-refractivity contribution in [2.45, 2.75) is 38.3 Å². The number of carbonyl (C=O) groups excluding carboxylic acids is 2. The summed E-state index contributed by atoms with van der Waals surface area (Å²) in [5.74, 6) is 0.350. The van der Waals surface area contributed by atoms with Crippen LogP contribution in [-0.4, -0.2) is 80.7 Å². The third kappa shape index (κ3) is 4.14. The number of likely N-dealkylation sites (tertiary alicyclic amines) is 1. The van der Waals surface area contributed by atoms with Crippen molar-refractivity contribution in [3.63, 3.8) is 0 Å². The molecule has 29 heavy (non-hydrogen) atoms. The summed E-state index contributed by atoms with van der Waals surface area (Å²) in [7, 11) is 0. The van der Waals surface area contributed by atoms with Crippen molar-refractivity contribution >= 4 is 11.8 Å². The van der Waals surface area contributed by atoms with Gasteiger partial charge in [-0.3, -0.25) is 9.59 Å². The number of rotatable bonds is 4. The van der Waals surface area contributed by atoms with Gasteiger partial charge in [-0.25, -0.2) is 0 Å². The summed E-state index contributed by atoms with van der Waals surface area (Å²) in [4.78, 5) is 31.1. The first-order valence-corrected chi connectivity index (χ1v) is 10.2. The molecule has 0 N–H and O–H groups in total. The van der Waals surface area contributed by atoms with Gasteiger partial charge in [0, 0.05) is 25.2 Å². The molecule has 2 amide bonds. The van der Waals surface area contributed by atoms with E-state index in [1.54, 1.807) is 11.8 Å². The first-order chi connectivity index (χ1) is 14.1. The molecule has 1 aromatic carbocycles. The molecule has 2 fully saturated rings. The maximum absolute atomic E-state index is 13.2. The van der Waals surface area contributed by atoms with Crippen molar-refractivity contribution in [3.05, 3.63) is 30.3 Å². The normalized spacial score (nSPS) is 21.1. The summed E-state index contributed by atoms with van der Waals surface area (Å²) in [5.41, 5.74) is 0.844. The summed E-state index contributed by atoms with van der Waals surface area (Å²) in [5, 5.41) is 12.6. The standard InChI is InChI=1S/C20H26N6O3/c1-15(26-22-18(21-23-26)16-7-3-2-4-8-16)19(27)25-10-6-5-9-17(25)20(28)24-11-13-29-14-12-24/h2-4,7-8,15,17H,5-6,9-14H2,1H3. The minimum Gasteiger partial charge on any atom is -0.378 e. The van der Waals surface area contributed by atoms with Crippen LogP contribution in [0.5, 0.6) is 0 Å². The molecule has 2 aromatic rings. The Labute approximate surface area is 169 Å². The molecule has 0 saturated carbocycles. The van der Waals surface area contributed by atoms with Crippen molar-refractivity contribution < 1.29 is 14.3 Å². The Hall–Kier alpha value is -2.81. The van der Waals surface area contributed by atoms with Crippen LogP contribution in [0.2, 0.25) is 0 Å². The zero-order chi connectivity index (χ0) is 20.2. The zero-order valence-corrected chi connectivity index (χ0v) is 16.6. The van der Waals surface area contributed by atoms with Crippen LogP contribution in [0.15, 0.2) is 30.3 Å². The van der Waals surface area contributed by atoms with Crippen molar-refractivity contribution in [1.82, 2.24) is 30.0 Å². The lowest BCUT2D eigenvalue weighted by molar-refractivity contribution is -0.152. The molecule has 0 radical (unpaired) electrons. The zero-order valence-electron chi connectivity index (χ0n) is 16.6. The van der Waals surface area contributed by atoms with Crippen LogP contribution in [0.4, 0.5) is 0 Å². The lowest BCUT2D eigenvalue weighted by Gasteiger charge is -2.39. The van der Waals surface area contributed by atoms with E-state index in [1.165, 1.54) is 4.80 Å². The Balaban J connectivity index is 1.49. The van der Waals surface area contributed by atoms with E-state index in [4.69, 9.17) is 4.74 Å². The van der Waals surface area contributed by atoms with Gasteiger partial charge in [0.15, 0.2) is 0 Å². The molecule has 0 bridgehead atoms. The summed E-state index contributed by atoms with van der Waals surface area (Å²) < 4.78 is 5.35. The van der Waals surface area contributed by atoms with E-state index in [2.05, 4.69) is 15.4 Å². The maximum Gasteiger partial charge on any atom is 0.249 e. The predicted molar refractivity (Wildman–Crippen MR) is 105 cm³/mol. The largest absolute Gasteiger partial charge is 0.378 e. The topological polar surface area (TPSA) is 93.5 Å². The van der Waals surface area contributed by atoms with E-state index >= 15 is 0 Å². The molecular formula is C20H26N6O3. The summed E-state index contributed by atoms with van der Waals surface area (Å²) in [6.45, 7) is 4.59. The van der Waals surface area contributed by atoms with Gasteiger partial charge in [-0.1, -0.05) is 30.3 Å². The molecule has 2 aliphatic heterocycles. The van der Waals surface area contributed by atoms with Gasteiger partial charge in [0.25, 0.3) is 0 Å². The fourth-order valence-electron chi connectivity index (χ4n) is 3.88. The number of benzene rings is 1. The SMILES string of the molecule is CC(C(=O)N1CCCCC1C(=O)N1CCOCC1)n1nnc(-c2ccccc2)n1. The van der Waals surface area contributed by atoms with E-state index in [1.807, 2.05) is 35.2 Å². The second kappa shape index (κ2) is 8.69. The number of carbonyl (C=O) groups is 2. The molecular weight excluding hydrogens is 372 g/mol. The Morgan fingerprint density at radius 1 is 1.10 bits per heavy atom. The van der Waals surface area contributed by atoms with Gasteiger partial charge in [-0.2, -0.15) is 4.80 Å². The van der Waals surface area contributed by atoms with Crippen LogP contribution in [-0.2, 0) is 14.3 Å². The van der Waals surface area contributed by atoms with Crippen LogP contribution >= 0.6 is 0 Å². The summed E-state index contributed by atoms with van der Waals surface area (Å²) >= 11 is 0. The third-order valence-electron chi connectivity index (χ3n) is 5.56. The molecule has 0 spiro atoms. The highest BCUT2D eigenvalue weighted by Gasteiger charge is 2.37. The van der Waals surface area contributed by atoms with E-state index in [-0.39, 0.29) is 11.8 Å². The Morgan fingerprint density at radius 3 is 2.62 bits per heavy atom. The number of ether oxygens (including phenoxy) is 1. The highest BCUT2D eigenvalue weighted by molar-refractivity contribution is 5.89. The van der Waals surface area contributed by atoms with Crippen molar-refractivity contribution in [3.8, 4) is 11.4 Å². The van der Waals surface area contributed by atoms with Crippen molar-refractivity contribution in [1.29, 1.82) is 0 Å². The minimum atomic E-state index is -0.627. The Kier molecular flexibility index (Phi) is 5.84. The molecule has 9 nitrogen and oxygen atoms in total. The molecule has 3 heterocycles. The van der Waals surface area contributed by atoms with Crippen molar-refractivity contribution in [2.75, 3.05) is 32.8 Å². The third-order valence-corrected chi connectivity index (χ3v) is 5.56. The molecule has 0 aliphatic carbocycles. The van der Waals surface area contributed by atoms with Gasteiger partial charge in [-0.05, 0) is 31.4 Å². The number of piperidine rings is 1.